The summed E-state index contributed by atoms with van der Waals surface area (Å²) in [5.74, 6) is 0.189. The molecule has 1 aliphatic heterocycles. The van der Waals surface area contributed by atoms with Crippen molar-refractivity contribution in [2.24, 2.45) is 0 Å². The number of sulfone groups is 1. The van der Waals surface area contributed by atoms with E-state index in [1.54, 1.807) is 0 Å². The molecule has 0 amide bonds. The minimum atomic E-state index is -2.90. The van der Waals surface area contributed by atoms with Gasteiger partial charge in [-0.15, -0.1) is 0 Å². The van der Waals surface area contributed by atoms with E-state index in [1.165, 1.54) is 23.9 Å². The lowest BCUT2D eigenvalue weighted by Gasteiger charge is -2.23. The first-order valence-electron chi connectivity index (χ1n) is 6.21. The molecule has 0 unspecified atom stereocenters. The fourth-order valence-electron chi connectivity index (χ4n) is 2.12. The predicted molar refractivity (Wildman–Crippen MR) is 76.2 cm³/mol. The molecule has 0 bridgehead atoms. The third-order valence-electron chi connectivity index (χ3n) is 3.27. The monoisotopic (exact) mass is 268 g/mol. The van der Waals surface area contributed by atoms with Crippen LogP contribution in [0, 0.1) is 0 Å². The van der Waals surface area contributed by atoms with Crippen molar-refractivity contribution in [2.75, 3.05) is 42.4 Å². The second kappa shape index (κ2) is 5.18. The Hall–Kier alpha value is -1.23. The van der Waals surface area contributed by atoms with Gasteiger partial charge in [0.15, 0.2) is 0 Å². The molecule has 2 rings (SSSR count). The number of nitrogens with zero attached hydrogens (tertiary/aromatic N) is 1. The maximum absolute atomic E-state index is 11.2. The second-order valence-corrected chi connectivity index (χ2v) is 7.18. The van der Waals surface area contributed by atoms with Crippen molar-refractivity contribution in [2.45, 2.75) is 12.8 Å². The number of rotatable bonds is 4. The molecular weight excluding hydrogens is 248 g/mol. The number of nitrogens with one attached hydrogen (secondary N) is 1. The molecule has 0 saturated heterocycles. The van der Waals surface area contributed by atoms with Crippen LogP contribution in [-0.4, -0.2) is 40.6 Å². The van der Waals surface area contributed by atoms with Gasteiger partial charge in [-0.05, 0) is 30.5 Å². The molecule has 1 aromatic rings. The molecule has 100 valence electrons. The maximum Gasteiger partial charge on any atom is 0.149 e. The molecule has 1 heterocycles. The van der Waals surface area contributed by atoms with Crippen molar-refractivity contribution in [1.29, 1.82) is 0 Å². The van der Waals surface area contributed by atoms with Gasteiger partial charge in [0, 0.05) is 37.8 Å². The minimum Gasteiger partial charge on any atom is -0.385 e. The summed E-state index contributed by atoms with van der Waals surface area (Å²) in [5, 5.41) is 3.39. The Bertz CT molecular complexity index is 526. The van der Waals surface area contributed by atoms with Crippen LogP contribution in [0.5, 0.6) is 0 Å². The molecule has 4 nitrogen and oxygen atoms in total. The smallest absolute Gasteiger partial charge is 0.149 e. The number of benzene rings is 1. The van der Waals surface area contributed by atoms with Crippen LogP contribution in [0.15, 0.2) is 18.2 Å². The Kier molecular flexibility index (Phi) is 3.80. The number of hydrogen-bond acceptors (Lipinski definition) is 4. The number of anilines is 2. The molecule has 0 atom stereocenters. The lowest BCUT2D eigenvalue weighted by molar-refractivity contribution is 0.601. The second-order valence-electron chi connectivity index (χ2n) is 4.92. The van der Waals surface area contributed by atoms with E-state index in [-0.39, 0.29) is 5.75 Å². The fourth-order valence-corrected chi connectivity index (χ4v) is 2.72. The highest BCUT2D eigenvalue weighted by Gasteiger charge is 2.11. The average Bonchev–Trinajstić information content (AvgIpc) is 2.34. The van der Waals surface area contributed by atoms with Gasteiger partial charge in [-0.25, -0.2) is 8.42 Å². The van der Waals surface area contributed by atoms with Gasteiger partial charge in [-0.2, -0.15) is 0 Å². The largest absolute Gasteiger partial charge is 0.385 e. The van der Waals surface area contributed by atoms with Crippen LogP contribution in [0.25, 0.3) is 0 Å². The van der Waals surface area contributed by atoms with Crippen LogP contribution in [0.4, 0.5) is 11.4 Å². The van der Waals surface area contributed by atoms with Gasteiger partial charge in [0.1, 0.15) is 9.84 Å². The summed E-state index contributed by atoms with van der Waals surface area (Å²) in [6.45, 7) is 1.54. The first-order chi connectivity index (χ1) is 8.46. The number of aryl methyl sites for hydroxylation is 1. The lowest BCUT2D eigenvalue weighted by atomic mass is 10.0. The Morgan fingerprint density at radius 2 is 2.17 bits per heavy atom. The van der Waals surface area contributed by atoms with E-state index in [1.807, 2.05) is 11.9 Å². The van der Waals surface area contributed by atoms with Gasteiger partial charge in [0.2, 0.25) is 0 Å². The van der Waals surface area contributed by atoms with E-state index in [0.29, 0.717) is 6.54 Å². The highest BCUT2D eigenvalue weighted by atomic mass is 32.2. The number of hydrogen-bond donors (Lipinski definition) is 1. The molecule has 1 aliphatic rings. The Morgan fingerprint density at radius 3 is 2.89 bits per heavy atom. The zero-order valence-electron chi connectivity index (χ0n) is 10.9. The Labute approximate surface area is 109 Å². The van der Waals surface area contributed by atoms with Crippen LogP contribution in [0.2, 0.25) is 0 Å². The van der Waals surface area contributed by atoms with Crippen molar-refractivity contribution < 1.29 is 8.42 Å². The molecule has 1 aromatic carbocycles. The lowest BCUT2D eigenvalue weighted by Crippen LogP contribution is -2.25. The van der Waals surface area contributed by atoms with Crippen LogP contribution < -0.4 is 10.2 Å². The SMILES string of the molecule is CN(CCS(C)(=O)=O)c1ccc2c(c1)NCCC2. The highest BCUT2D eigenvalue weighted by molar-refractivity contribution is 7.90. The van der Waals surface area contributed by atoms with E-state index >= 15 is 0 Å². The van der Waals surface area contributed by atoms with Gasteiger partial charge in [-0.1, -0.05) is 6.07 Å². The van der Waals surface area contributed by atoms with Gasteiger partial charge in [-0.3, -0.25) is 0 Å². The van der Waals surface area contributed by atoms with Crippen molar-refractivity contribution in [3.05, 3.63) is 23.8 Å². The maximum atomic E-state index is 11.2. The zero-order valence-corrected chi connectivity index (χ0v) is 11.8. The Morgan fingerprint density at radius 1 is 1.39 bits per heavy atom. The van der Waals surface area contributed by atoms with Crippen LogP contribution in [0.3, 0.4) is 0 Å². The number of fused-ring (bicyclic) bond motifs is 1. The zero-order chi connectivity index (χ0) is 13.2. The van der Waals surface area contributed by atoms with Crippen LogP contribution in [0.1, 0.15) is 12.0 Å². The first kappa shape index (κ1) is 13.2. The summed E-state index contributed by atoms with van der Waals surface area (Å²) in [7, 11) is -0.975. The van der Waals surface area contributed by atoms with E-state index in [0.717, 1.165) is 18.7 Å². The average molecular weight is 268 g/mol. The Balaban J connectivity index is 2.08. The summed E-state index contributed by atoms with van der Waals surface area (Å²) in [5.41, 5.74) is 3.60. The van der Waals surface area contributed by atoms with Crippen molar-refractivity contribution in [3.63, 3.8) is 0 Å². The van der Waals surface area contributed by atoms with Gasteiger partial charge < -0.3 is 10.2 Å². The first-order valence-corrected chi connectivity index (χ1v) is 8.27. The summed E-state index contributed by atoms with van der Waals surface area (Å²) in [4.78, 5) is 1.98. The summed E-state index contributed by atoms with van der Waals surface area (Å²) in [6, 6.07) is 6.30. The minimum absolute atomic E-state index is 0.189. The summed E-state index contributed by atoms with van der Waals surface area (Å²) >= 11 is 0. The molecule has 0 radical (unpaired) electrons. The predicted octanol–water partition coefficient (Wildman–Crippen LogP) is 1.53. The van der Waals surface area contributed by atoms with Crippen molar-refractivity contribution in [3.8, 4) is 0 Å². The molecule has 0 spiro atoms. The van der Waals surface area contributed by atoms with Crippen LogP contribution >= 0.6 is 0 Å². The molecule has 0 aromatic heterocycles. The molecular formula is C13H20N2O2S. The topological polar surface area (TPSA) is 49.4 Å². The third kappa shape index (κ3) is 3.38. The molecule has 1 N–H and O–H groups in total. The molecule has 0 saturated carbocycles. The molecule has 0 aliphatic carbocycles. The van der Waals surface area contributed by atoms with E-state index in [9.17, 15) is 8.42 Å². The molecule has 0 fully saturated rings. The quantitative estimate of drug-likeness (QED) is 0.899. The fraction of sp³-hybridized carbons (Fsp3) is 0.538. The standard InChI is InChI=1S/C13H20N2O2S/c1-15(8-9-18(2,16)17)12-6-5-11-4-3-7-14-13(11)10-12/h5-6,10,14H,3-4,7-9H2,1-2H3. The molecule has 5 heteroatoms. The van der Waals surface area contributed by atoms with Crippen molar-refractivity contribution in [1.82, 2.24) is 0 Å². The van der Waals surface area contributed by atoms with Crippen molar-refractivity contribution >= 4 is 21.2 Å². The van der Waals surface area contributed by atoms with Gasteiger partial charge >= 0.3 is 0 Å². The van der Waals surface area contributed by atoms with Gasteiger partial charge in [0.05, 0.1) is 5.75 Å². The summed E-state index contributed by atoms with van der Waals surface area (Å²) in [6.07, 6.45) is 3.57. The highest BCUT2D eigenvalue weighted by Crippen LogP contribution is 2.26. The summed E-state index contributed by atoms with van der Waals surface area (Å²) < 4.78 is 22.3. The van der Waals surface area contributed by atoms with Crippen LogP contribution in [-0.2, 0) is 16.3 Å². The van der Waals surface area contributed by atoms with E-state index in [4.69, 9.17) is 0 Å². The third-order valence-corrected chi connectivity index (χ3v) is 4.19. The van der Waals surface area contributed by atoms with E-state index in [2.05, 4.69) is 23.5 Å². The van der Waals surface area contributed by atoms with E-state index < -0.39 is 9.84 Å². The normalized spacial score (nSPS) is 14.8. The molecule has 18 heavy (non-hydrogen) atoms. The van der Waals surface area contributed by atoms with Gasteiger partial charge in [0.25, 0.3) is 0 Å².